The molecule has 0 N–H and O–H groups in total. The van der Waals surface area contributed by atoms with Crippen LogP contribution in [0, 0.1) is 5.41 Å². The molecule has 0 aromatic rings. The van der Waals surface area contributed by atoms with Crippen LogP contribution in [0.25, 0.3) is 0 Å². The van der Waals surface area contributed by atoms with E-state index in [-0.39, 0.29) is 6.42 Å². The zero-order valence-electron chi connectivity index (χ0n) is 9.12. The number of hydrogen-bond acceptors (Lipinski definition) is 2. The Hall–Kier alpha value is -0.880. The van der Waals surface area contributed by atoms with Gasteiger partial charge in [0.2, 0.25) is 0 Å². The Kier molecular flexibility index (Phi) is 4.30. The first-order valence-corrected chi connectivity index (χ1v) is 4.56. The summed E-state index contributed by atoms with van der Waals surface area (Å²) >= 11 is 0. The predicted octanol–water partition coefficient (Wildman–Crippen LogP) is 3.16. The Morgan fingerprint density at radius 1 is 1.12 bits per heavy atom. The number of carbonyl (C=O) groups is 1. The van der Waals surface area contributed by atoms with Crippen LogP contribution in [-0.4, -0.2) is 24.7 Å². The lowest BCUT2D eigenvalue weighted by atomic mass is 9.91. The van der Waals surface area contributed by atoms with Crippen molar-refractivity contribution in [2.75, 3.05) is 6.61 Å². The van der Waals surface area contributed by atoms with Crippen LogP contribution in [0.5, 0.6) is 0 Å². The second-order valence-electron chi connectivity index (χ2n) is 4.02. The normalized spacial score (nSPS) is 13.8. The lowest BCUT2D eigenvalue weighted by molar-refractivity contribution is -0.294. The van der Waals surface area contributed by atoms with Crippen LogP contribution in [0.15, 0.2) is 0 Å². The van der Waals surface area contributed by atoms with Crippen LogP contribution in [-0.2, 0) is 9.53 Å². The van der Waals surface area contributed by atoms with Gasteiger partial charge in [0.25, 0.3) is 0 Å². The largest absolute Gasteiger partial charge is 0.458 e. The zero-order valence-corrected chi connectivity index (χ0v) is 9.12. The topological polar surface area (TPSA) is 26.3 Å². The molecule has 0 atom stereocenters. The van der Waals surface area contributed by atoms with Gasteiger partial charge in [0.15, 0.2) is 6.61 Å². The lowest BCUT2D eigenvalue weighted by Gasteiger charge is -2.24. The molecule has 16 heavy (non-hydrogen) atoms. The molecule has 0 aliphatic heterocycles. The summed E-state index contributed by atoms with van der Waals surface area (Å²) in [5, 5.41) is 0. The van der Waals surface area contributed by atoms with Crippen LogP contribution in [0.2, 0.25) is 0 Å². The van der Waals surface area contributed by atoms with Gasteiger partial charge in [-0.3, -0.25) is 4.79 Å². The van der Waals surface area contributed by atoms with Crippen molar-refractivity contribution in [2.45, 2.75) is 39.3 Å². The summed E-state index contributed by atoms with van der Waals surface area (Å²) in [6, 6.07) is 0. The van der Waals surface area contributed by atoms with Crippen molar-refractivity contribution >= 4 is 5.97 Å². The smallest absolute Gasteiger partial charge is 0.456 e. The average molecular weight is 248 g/mol. The van der Waals surface area contributed by atoms with Crippen molar-refractivity contribution in [3.8, 4) is 0 Å². The summed E-state index contributed by atoms with van der Waals surface area (Å²) in [4.78, 5) is 11.1. The maximum absolute atomic E-state index is 12.4. The molecule has 0 rings (SSSR count). The Morgan fingerprint density at radius 3 is 1.88 bits per heavy atom. The lowest BCUT2D eigenvalue weighted by Crippen LogP contribution is -2.42. The molecule has 0 aromatic heterocycles. The molecule has 7 heteroatoms. The molecule has 0 saturated heterocycles. The number of ether oxygens (including phenoxy) is 1. The highest BCUT2D eigenvalue weighted by Gasteiger charge is 2.58. The molecule has 0 spiro atoms. The third-order valence-corrected chi connectivity index (χ3v) is 2.24. The Bertz CT molecular complexity index is 257. The van der Waals surface area contributed by atoms with E-state index >= 15 is 0 Å². The van der Waals surface area contributed by atoms with E-state index in [1.807, 2.05) is 0 Å². The minimum absolute atomic E-state index is 0.281. The van der Waals surface area contributed by atoms with Crippen LogP contribution in [0.4, 0.5) is 22.0 Å². The second kappa shape index (κ2) is 4.55. The highest BCUT2D eigenvalue weighted by atomic mass is 19.4. The molecule has 0 aliphatic carbocycles. The van der Waals surface area contributed by atoms with Gasteiger partial charge in [0, 0.05) is 0 Å². The van der Waals surface area contributed by atoms with E-state index in [0.29, 0.717) is 0 Å². The van der Waals surface area contributed by atoms with Crippen molar-refractivity contribution in [1.82, 2.24) is 0 Å². The summed E-state index contributed by atoms with van der Waals surface area (Å²) in [7, 11) is 0. The first-order chi connectivity index (χ1) is 6.94. The number of carbonyl (C=O) groups excluding carboxylic acids is 1. The molecular weight excluding hydrogens is 235 g/mol. The quantitative estimate of drug-likeness (QED) is 0.564. The minimum Gasteiger partial charge on any atom is -0.458 e. The van der Waals surface area contributed by atoms with E-state index in [9.17, 15) is 26.7 Å². The molecule has 96 valence electrons. The maximum atomic E-state index is 12.4. The number of rotatable bonds is 4. The summed E-state index contributed by atoms with van der Waals surface area (Å²) < 4.78 is 63.9. The van der Waals surface area contributed by atoms with Gasteiger partial charge < -0.3 is 4.74 Å². The number of esters is 1. The molecule has 0 saturated carbocycles. The standard InChI is InChI=1S/C9H13F5O2/c1-4-7(2,3)6(15)16-5-8(10,11)9(12,13)14/h4-5H2,1-3H3. The van der Waals surface area contributed by atoms with E-state index in [1.165, 1.54) is 13.8 Å². The average Bonchev–Trinajstić information content (AvgIpc) is 2.12. The third kappa shape index (κ3) is 3.61. The summed E-state index contributed by atoms with van der Waals surface area (Å²) in [5.74, 6) is -6.08. The van der Waals surface area contributed by atoms with E-state index in [2.05, 4.69) is 4.74 Å². The molecule has 0 aromatic carbocycles. The molecule has 0 amide bonds. The van der Waals surface area contributed by atoms with Crippen molar-refractivity contribution < 1.29 is 31.5 Å². The summed E-state index contributed by atoms with van der Waals surface area (Å²) in [6.07, 6.45) is -5.42. The van der Waals surface area contributed by atoms with Crippen LogP contribution < -0.4 is 0 Å². The van der Waals surface area contributed by atoms with Crippen molar-refractivity contribution in [2.24, 2.45) is 5.41 Å². The van der Waals surface area contributed by atoms with Crippen LogP contribution >= 0.6 is 0 Å². The fourth-order valence-corrected chi connectivity index (χ4v) is 0.578. The Labute approximate surface area is 89.8 Å². The fraction of sp³-hybridized carbons (Fsp3) is 0.889. The minimum atomic E-state index is -5.70. The fourth-order valence-electron chi connectivity index (χ4n) is 0.578. The molecule has 0 unspecified atom stereocenters. The van der Waals surface area contributed by atoms with Crippen molar-refractivity contribution in [3.63, 3.8) is 0 Å². The van der Waals surface area contributed by atoms with E-state index in [1.54, 1.807) is 6.92 Å². The zero-order chi connectivity index (χ0) is 13.2. The molecule has 0 heterocycles. The van der Waals surface area contributed by atoms with E-state index in [0.717, 1.165) is 0 Å². The molecule has 2 nitrogen and oxygen atoms in total. The second-order valence-corrected chi connectivity index (χ2v) is 4.02. The van der Waals surface area contributed by atoms with Gasteiger partial charge in [-0.1, -0.05) is 6.92 Å². The highest BCUT2D eigenvalue weighted by molar-refractivity contribution is 5.75. The van der Waals surface area contributed by atoms with Crippen molar-refractivity contribution in [3.05, 3.63) is 0 Å². The predicted molar refractivity (Wildman–Crippen MR) is 46.0 cm³/mol. The SMILES string of the molecule is CCC(C)(C)C(=O)OCC(F)(F)C(F)(F)F. The molecule has 0 bridgehead atoms. The van der Waals surface area contributed by atoms with Gasteiger partial charge in [0.1, 0.15) is 0 Å². The van der Waals surface area contributed by atoms with Gasteiger partial charge in [-0.2, -0.15) is 22.0 Å². The Morgan fingerprint density at radius 2 is 1.56 bits per heavy atom. The maximum Gasteiger partial charge on any atom is 0.456 e. The molecule has 0 radical (unpaired) electrons. The first-order valence-electron chi connectivity index (χ1n) is 4.56. The molecular formula is C9H13F5O2. The molecule has 0 fully saturated rings. The van der Waals surface area contributed by atoms with Gasteiger partial charge in [-0.25, -0.2) is 0 Å². The number of alkyl halides is 5. The number of halogens is 5. The monoisotopic (exact) mass is 248 g/mol. The summed E-state index contributed by atoms with van der Waals surface area (Å²) in [5.41, 5.74) is -1.07. The Balaban J connectivity index is 4.43. The van der Waals surface area contributed by atoms with E-state index < -0.39 is 30.1 Å². The highest BCUT2D eigenvalue weighted by Crippen LogP contribution is 2.36. The van der Waals surface area contributed by atoms with Gasteiger partial charge >= 0.3 is 18.1 Å². The summed E-state index contributed by atoms with van der Waals surface area (Å²) in [6.45, 7) is 2.43. The van der Waals surface area contributed by atoms with E-state index in [4.69, 9.17) is 0 Å². The van der Waals surface area contributed by atoms with Crippen molar-refractivity contribution in [1.29, 1.82) is 0 Å². The van der Waals surface area contributed by atoms with Crippen LogP contribution in [0.3, 0.4) is 0 Å². The third-order valence-electron chi connectivity index (χ3n) is 2.24. The number of hydrogen-bond donors (Lipinski definition) is 0. The first kappa shape index (κ1) is 15.1. The van der Waals surface area contributed by atoms with Gasteiger partial charge in [0.05, 0.1) is 5.41 Å². The van der Waals surface area contributed by atoms with Gasteiger partial charge in [-0.05, 0) is 20.3 Å². The van der Waals surface area contributed by atoms with Crippen LogP contribution in [0.1, 0.15) is 27.2 Å². The van der Waals surface area contributed by atoms with Gasteiger partial charge in [-0.15, -0.1) is 0 Å². The molecule has 0 aliphatic rings.